The third-order valence-corrected chi connectivity index (χ3v) is 9.39. The van der Waals surface area contributed by atoms with Crippen molar-refractivity contribution in [2.45, 2.75) is 54.0 Å². The molecular formula is C52H59N5. The van der Waals surface area contributed by atoms with E-state index < -0.39 is 0 Å². The maximum atomic E-state index is 5.36. The Morgan fingerprint density at radius 2 is 1.30 bits per heavy atom. The second kappa shape index (κ2) is 22.2. The van der Waals surface area contributed by atoms with Gasteiger partial charge in [0.15, 0.2) is 0 Å². The first-order valence-corrected chi connectivity index (χ1v) is 19.9. The molecule has 0 fully saturated rings. The van der Waals surface area contributed by atoms with Crippen molar-refractivity contribution in [3.05, 3.63) is 210 Å². The number of hydrogen-bond acceptors (Lipinski definition) is 4. The van der Waals surface area contributed by atoms with Crippen LogP contribution in [0.4, 0.5) is 11.4 Å². The van der Waals surface area contributed by atoms with Gasteiger partial charge in [0.05, 0.1) is 11.2 Å². The molecule has 9 rings (SSSR count). The Labute approximate surface area is 341 Å². The molecule has 3 aliphatic rings. The van der Waals surface area contributed by atoms with Crippen LogP contribution in [-0.4, -0.2) is 4.57 Å². The predicted molar refractivity (Wildman–Crippen MR) is 252 cm³/mol. The van der Waals surface area contributed by atoms with Gasteiger partial charge in [-0.2, -0.15) is 0 Å². The quantitative estimate of drug-likeness (QED) is 0.0724. The number of para-hydroxylation sites is 2. The molecular weight excluding hydrogens is 695 g/mol. The molecule has 1 aromatic heterocycles. The number of hydrogen-bond donors (Lipinski definition) is 3. The minimum atomic E-state index is 0.801. The van der Waals surface area contributed by atoms with Gasteiger partial charge in [-0.1, -0.05) is 137 Å². The number of nitrogens with zero attached hydrogens (tertiary/aromatic N) is 2. The van der Waals surface area contributed by atoms with Crippen molar-refractivity contribution < 1.29 is 0 Å². The van der Waals surface area contributed by atoms with Gasteiger partial charge in [0.2, 0.25) is 0 Å². The lowest BCUT2D eigenvalue weighted by Crippen LogP contribution is -2.18. The van der Waals surface area contributed by atoms with Crippen molar-refractivity contribution in [3.8, 4) is 5.69 Å². The fraction of sp³-hybridized carbons (Fsp3) is 0.154. The first-order chi connectivity index (χ1) is 28.1. The summed E-state index contributed by atoms with van der Waals surface area (Å²) in [6, 6.07) is 42.3. The number of benzene rings is 5. The van der Waals surface area contributed by atoms with Crippen molar-refractivity contribution in [2.75, 3.05) is 10.6 Å². The van der Waals surface area contributed by atoms with E-state index in [9.17, 15) is 0 Å². The minimum Gasteiger partial charge on any atom is -0.399 e. The van der Waals surface area contributed by atoms with Crippen LogP contribution in [0.1, 0.15) is 73.7 Å². The number of hydrazine groups is 1. The van der Waals surface area contributed by atoms with Gasteiger partial charge in [-0.3, -0.25) is 11.7 Å². The zero-order chi connectivity index (χ0) is 41.2. The van der Waals surface area contributed by atoms with E-state index in [1.165, 1.54) is 66.9 Å². The molecule has 0 unspecified atom stereocenters. The van der Waals surface area contributed by atoms with Crippen LogP contribution < -0.4 is 22.3 Å². The summed E-state index contributed by atoms with van der Waals surface area (Å²) in [5.74, 6) is 8.00. The molecule has 0 radical (unpaired) electrons. The fourth-order valence-corrected chi connectivity index (χ4v) is 7.13. The molecule has 6 N–H and O–H groups in total. The van der Waals surface area contributed by atoms with Crippen molar-refractivity contribution in [2.24, 2.45) is 11.7 Å². The molecule has 0 saturated carbocycles. The van der Waals surface area contributed by atoms with Gasteiger partial charge in [-0.25, -0.2) is 0 Å². The monoisotopic (exact) mass is 753 g/mol. The lowest BCUT2D eigenvalue weighted by molar-refractivity contribution is 0.962. The second-order valence-corrected chi connectivity index (χ2v) is 12.9. The number of rotatable bonds is 4. The molecule has 6 aromatic rings. The largest absolute Gasteiger partial charge is 0.399 e. The molecule has 2 heterocycles. The van der Waals surface area contributed by atoms with E-state index in [0.717, 1.165) is 30.6 Å². The van der Waals surface area contributed by atoms with Crippen molar-refractivity contribution in [3.63, 3.8) is 0 Å². The highest BCUT2D eigenvalue weighted by Gasteiger charge is 2.23. The molecule has 0 saturated heterocycles. The summed E-state index contributed by atoms with van der Waals surface area (Å²) in [7, 11) is 0. The molecule has 0 spiro atoms. The Bertz CT molecular complexity index is 2330. The van der Waals surface area contributed by atoms with E-state index in [0.29, 0.717) is 0 Å². The summed E-state index contributed by atoms with van der Waals surface area (Å²) in [4.78, 5) is 2.38. The highest BCUT2D eigenvalue weighted by atomic mass is 15.1. The maximum absolute atomic E-state index is 5.36. The van der Waals surface area contributed by atoms with Gasteiger partial charge in [0.25, 0.3) is 0 Å². The lowest BCUT2D eigenvalue weighted by Gasteiger charge is -2.28. The predicted octanol–water partition coefficient (Wildman–Crippen LogP) is 12.7. The summed E-state index contributed by atoms with van der Waals surface area (Å²) in [6.45, 7) is 18.7. The van der Waals surface area contributed by atoms with Crippen molar-refractivity contribution >= 4 is 45.6 Å². The average molecular weight is 754 g/mol. The number of aromatic nitrogens is 1. The Balaban J connectivity index is 0.000000388. The normalized spacial score (nSPS) is 13.9. The van der Waals surface area contributed by atoms with E-state index in [2.05, 4.69) is 168 Å². The Morgan fingerprint density at radius 1 is 0.702 bits per heavy atom. The van der Waals surface area contributed by atoms with Crippen LogP contribution in [-0.2, 0) is 19.4 Å². The molecule has 5 aromatic carbocycles. The smallest absolute Gasteiger partial charge is 0.0538 e. The van der Waals surface area contributed by atoms with Crippen LogP contribution in [0.5, 0.6) is 0 Å². The second-order valence-electron chi connectivity index (χ2n) is 12.9. The standard InChI is InChI=1S/C39H30N2.C6H7N.C3H6.2C2H6.H4N2/c1-27-24-31(30-19-20-37-35(25-30)34-16-9-17-36(34)41(37)32-13-6-3-7-14-32)22-23-40(26-28-10-4-2-5-11-28)38-21-18-29-12-8-15-33(29)39(27)38;7-6-4-2-1-3-5-6;1-3-2;3*1-2/h2-14,17-25H,1,15-16,26H2;1-5H,7H2;3H,1H2,2H3;2*1-2H3;1-2H2/b23-22-,31-24+;;;;;. The first kappa shape index (κ1) is 43.3. The lowest BCUT2D eigenvalue weighted by atomic mass is 9.90. The van der Waals surface area contributed by atoms with Crippen LogP contribution in [0.15, 0.2) is 171 Å². The zero-order valence-electron chi connectivity index (χ0n) is 34.3. The number of allylic oxidation sites excluding steroid dienone is 7. The SMILES string of the molecule is C=C1/C=C(c2ccc3c(c2)c2c(n3-c3ccccc3)C=CC2)\C=C/N(Cc2ccccc2)c2ccc3c(c21)CC=C3.C=CC.CC.CC.NN.Nc1ccccc1. The van der Waals surface area contributed by atoms with Gasteiger partial charge in [0.1, 0.15) is 0 Å². The summed E-state index contributed by atoms with van der Waals surface area (Å²) in [5.41, 5.74) is 21.2. The van der Waals surface area contributed by atoms with Gasteiger partial charge < -0.3 is 15.2 Å². The highest BCUT2D eigenvalue weighted by Crippen LogP contribution is 2.41. The highest BCUT2D eigenvalue weighted by molar-refractivity contribution is 5.98. The van der Waals surface area contributed by atoms with Gasteiger partial charge in [0, 0.05) is 40.8 Å². The molecule has 2 aliphatic carbocycles. The van der Waals surface area contributed by atoms with E-state index in [-0.39, 0.29) is 0 Å². The number of anilines is 2. The van der Waals surface area contributed by atoms with Crippen molar-refractivity contribution in [1.82, 2.24) is 4.57 Å². The number of nitrogens with two attached hydrogens (primary N) is 3. The first-order valence-electron chi connectivity index (χ1n) is 19.9. The molecule has 1 aliphatic heterocycles. The van der Waals surface area contributed by atoms with E-state index >= 15 is 0 Å². The topological polar surface area (TPSA) is 86.2 Å². The van der Waals surface area contributed by atoms with E-state index in [1.54, 1.807) is 6.08 Å². The maximum Gasteiger partial charge on any atom is 0.0538 e. The van der Waals surface area contributed by atoms with Gasteiger partial charge >= 0.3 is 0 Å². The summed E-state index contributed by atoms with van der Waals surface area (Å²) >= 11 is 0. The number of fused-ring (bicyclic) bond motifs is 6. The Morgan fingerprint density at radius 3 is 1.93 bits per heavy atom. The van der Waals surface area contributed by atoms with Gasteiger partial charge in [-0.15, -0.1) is 6.58 Å². The van der Waals surface area contributed by atoms with Crippen LogP contribution >= 0.6 is 0 Å². The minimum absolute atomic E-state index is 0.801. The molecule has 5 heteroatoms. The van der Waals surface area contributed by atoms with Crippen molar-refractivity contribution in [1.29, 1.82) is 0 Å². The molecule has 0 amide bonds. The summed E-state index contributed by atoms with van der Waals surface area (Å²) < 4.78 is 2.40. The summed E-state index contributed by atoms with van der Waals surface area (Å²) in [5, 5.41) is 1.32. The Hall–Kier alpha value is -6.40. The van der Waals surface area contributed by atoms with E-state index in [4.69, 9.17) is 5.73 Å². The molecule has 0 bridgehead atoms. The molecule has 57 heavy (non-hydrogen) atoms. The fourth-order valence-electron chi connectivity index (χ4n) is 7.13. The zero-order valence-corrected chi connectivity index (χ0v) is 34.3. The van der Waals surface area contributed by atoms with Crippen LogP contribution in [0.2, 0.25) is 0 Å². The molecule has 5 nitrogen and oxygen atoms in total. The number of nitrogen functional groups attached to an aromatic ring is 1. The van der Waals surface area contributed by atoms with E-state index in [1.807, 2.05) is 65.0 Å². The van der Waals surface area contributed by atoms with Gasteiger partial charge in [-0.05, 0) is 119 Å². The molecule has 0 atom stereocenters. The summed E-state index contributed by atoms with van der Waals surface area (Å²) in [6.07, 6.45) is 19.5. The van der Waals surface area contributed by atoms with Crippen LogP contribution in [0, 0.1) is 0 Å². The Kier molecular flexibility index (Phi) is 16.9. The molecule has 292 valence electrons. The van der Waals surface area contributed by atoms with Crippen LogP contribution in [0.3, 0.4) is 0 Å². The third kappa shape index (κ3) is 10.3. The average Bonchev–Trinajstić information content (AvgIpc) is 4.02. The third-order valence-electron chi connectivity index (χ3n) is 9.39. The van der Waals surface area contributed by atoms with Crippen LogP contribution in [0.25, 0.3) is 39.9 Å².